The van der Waals surface area contributed by atoms with E-state index in [4.69, 9.17) is 4.42 Å². The molecule has 0 atom stereocenters. The maximum absolute atomic E-state index is 6.71. The zero-order valence-electron chi connectivity index (χ0n) is 28.2. The molecule has 0 radical (unpaired) electrons. The Balaban J connectivity index is 1.32. The van der Waals surface area contributed by atoms with Gasteiger partial charge in [0.2, 0.25) is 0 Å². The van der Waals surface area contributed by atoms with Crippen LogP contribution >= 0.6 is 0 Å². The van der Waals surface area contributed by atoms with Gasteiger partial charge in [-0.25, -0.2) is 0 Å². The lowest BCUT2D eigenvalue weighted by Gasteiger charge is -2.42. The molecule has 236 valence electrons. The molecule has 0 saturated carbocycles. The van der Waals surface area contributed by atoms with Crippen LogP contribution in [0.3, 0.4) is 0 Å². The van der Waals surface area contributed by atoms with Crippen molar-refractivity contribution in [3.05, 3.63) is 151 Å². The van der Waals surface area contributed by atoms with Crippen molar-refractivity contribution >= 4 is 72.9 Å². The van der Waals surface area contributed by atoms with Crippen molar-refractivity contribution < 1.29 is 4.42 Å². The molecule has 0 amide bonds. The highest BCUT2D eigenvalue weighted by Gasteiger charge is 2.44. The Morgan fingerprint density at radius 3 is 2.08 bits per heavy atom. The van der Waals surface area contributed by atoms with Crippen LogP contribution < -0.4 is 15.7 Å². The Morgan fingerprint density at radius 2 is 1.28 bits per heavy atom. The molecule has 0 aliphatic carbocycles. The minimum atomic E-state index is -0.0413. The van der Waals surface area contributed by atoms with Crippen molar-refractivity contribution in [3.8, 4) is 27.9 Å². The first-order chi connectivity index (χ1) is 24.4. The second kappa shape index (κ2) is 9.80. The smallest absolute Gasteiger partial charge is 0.333 e. The summed E-state index contributed by atoms with van der Waals surface area (Å²) in [5.74, 6) is 0. The molecule has 9 aromatic rings. The van der Waals surface area contributed by atoms with E-state index < -0.39 is 0 Å². The van der Waals surface area contributed by atoms with Crippen molar-refractivity contribution in [2.45, 2.75) is 26.2 Å². The van der Waals surface area contributed by atoms with Gasteiger partial charge in [0.25, 0.3) is 0 Å². The number of para-hydroxylation sites is 2. The number of fused-ring (bicyclic) bond motifs is 10. The van der Waals surface area contributed by atoms with Crippen LogP contribution in [0, 0.1) is 0 Å². The van der Waals surface area contributed by atoms with Gasteiger partial charge in [0, 0.05) is 33.4 Å². The fourth-order valence-electron chi connectivity index (χ4n) is 8.75. The van der Waals surface area contributed by atoms with Crippen LogP contribution in [0.4, 0.5) is 11.4 Å². The molecule has 0 saturated heterocycles. The normalized spacial score (nSPS) is 13.4. The molecule has 0 N–H and O–H groups in total. The van der Waals surface area contributed by atoms with Crippen LogP contribution in [-0.4, -0.2) is 11.4 Å². The van der Waals surface area contributed by atoms with Crippen molar-refractivity contribution in [1.29, 1.82) is 0 Å². The average Bonchev–Trinajstić information content (AvgIpc) is 3.68. The summed E-state index contributed by atoms with van der Waals surface area (Å²) >= 11 is 0. The first-order valence-corrected chi connectivity index (χ1v) is 17.6. The van der Waals surface area contributed by atoms with Gasteiger partial charge in [-0.2, -0.15) is 0 Å². The summed E-state index contributed by atoms with van der Waals surface area (Å²) < 4.78 is 9.23. The molecule has 50 heavy (non-hydrogen) atoms. The first kappa shape index (κ1) is 27.9. The monoisotopic (exact) mass is 640 g/mol. The summed E-state index contributed by atoms with van der Waals surface area (Å²) in [4.78, 5) is 2.60. The Labute approximate surface area is 291 Å². The quantitative estimate of drug-likeness (QED) is 0.175. The molecule has 0 unspecified atom stereocenters. The summed E-state index contributed by atoms with van der Waals surface area (Å²) in [7, 11) is 0. The van der Waals surface area contributed by atoms with Crippen molar-refractivity contribution in [1.82, 2.24) is 4.57 Å². The largest absolute Gasteiger partial charge is 0.454 e. The lowest BCUT2D eigenvalue weighted by atomic mass is 9.44. The number of hydrogen-bond acceptors (Lipinski definition) is 2. The van der Waals surface area contributed by atoms with Crippen LogP contribution in [0.25, 0.3) is 71.7 Å². The maximum atomic E-state index is 6.71. The zero-order valence-corrected chi connectivity index (χ0v) is 28.2. The van der Waals surface area contributed by atoms with Gasteiger partial charge in [-0.05, 0) is 104 Å². The summed E-state index contributed by atoms with van der Waals surface area (Å²) in [6, 6.07) is 53.8. The summed E-state index contributed by atoms with van der Waals surface area (Å²) in [6.45, 7) is 6.81. The molecule has 0 bridgehead atoms. The van der Waals surface area contributed by atoms with Gasteiger partial charge in [-0.15, -0.1) is 0 Å². The number of rotatable bonds is 2. The van der Waals surface area contributed by atoms with Crippen molar-refractivity contribution in [2.75, 3.05) is 4.81 Å². The van der Waals surface area contributed by atoms with Crippen LogP contribution in [0.2, 0.25) is 0 Å². The van der Waals surface area contributed by atoms with E-state index in [1.165, 1.54) is 72.1 Å². The van der Waals surface area contributed by atoms with Crippen molar-refractivity contribution in [2.24, 2.45) is 0 Å². The van der Waals surface area contributed by atoms with Gasteiger partial charge >= 0.3 is 6.85 Å². The van der Waals surface area contributed by atoms with Gasteiger partial charge < -0.3 is 13.8 Å². The Morgan fingerprint density at radius 1 is 0.560 bits per heavy atom. The Kier molecular flexibility index (Phi) is 5.47. The molecule has 2 aromatic heterocycles. The lowest BCUT2D eigenvalue weighted by molar-refractivity contribution is 0.590. The molecule has 2 aliphatic heterocycles. The number of nitrogens with zero attached hydrogens (tertiary/aromatic N) is 2. The summed E-state index contributed by atoms with van der Waals surface area (Å²) in [6.07, 6.45) is 0. The number of furan rings is 1. The average molecular weight is 641 g/mol. The third-order valence-electron chi connectivity index (χ3n) is 11.1. The number of aromatic nitrogens is 1. The Hall–Kier alpha value is -6.00. The topological polar surface area (TPSA) is 21.3 Å². The highest BCUT2D eigenvalue weighted by molar-refractivity contribution is 6.93. The third kappa shape index (κ3) is 3.71. The number of hydrogen-bond donors (Lipinski definition) is 0. The van der Waals surface area contributed by atoms with E-state index in [1.54, 1.807) is 0 Å². The van der Waals surface area contributed by atoms with E-state index in [1.807, 2.05) is 0 Å². The van der Waals surface area contributed by atoms with Crippen LogP contribution in [0.1, 0.15) is 26.3 Å². The van der Waals surface area contributed by atoms with Crippen LogP contribution in [-0.2, 0) is 5.41 Å². The summed E-state index contributed by atoms with van der Waals surface area (Å²) in [5, 5.41) is 4.78. The molecule has 3 nitrogen and oxygen atoms in total. The Bertz CT molecular complexity index is 2850. The van der Waals surface area contributed by atoms with Gasteiger partial charge in [0.05, 0.1) is 5.52 Å². The fraction of sp³-hybridized carbons (Fsp3) is 0.0870. The van der Waals surface area contributed by atoms with Gasteiger partial charge in [-0.3, -0.25) is 0 Å². The molecule has 11 rings (SSSR count). The SMILES string of the molecule is CC(C)(C)c1ccc(N2B3c4c(cc(-c5ccccc5)cc4-n4c5c3cccc5c3oc5ccccc5c34)-c3cc4ccccc4cc32)cc1. The van der Waals surface area contributed by atoms with Crippen LogP contribution in [0.15, 0.2) is 150 Å². The molecule has 2 aliphatic rings. The second-order valence-electron chi connectivity index (χ2n) is 15.0. The van der Waals surface area contributed by atoms with E-state index in [2.05, 4.69) is 176 Å². The van der Waals surface area contributed by atoms with Gasteiger partial charge in [0.15, 0.2) is 5.58 Å². The predicted octanol–water partition coefficient (Wildman–Crippen LogP) is 10.9. The van der Waals surface area contributed by atoms with E-state index in [0.29, 0.717) is 0 Å². The molecular weight excluding hydrogens is 607 g/mol. The molecule has 7 aromatic carbocycles. The first-order valence-electron chi connectivity index (χ1n) is 17.6. The minimum absolute atomic E-state index is 0.0413. The molecular formula is C46H33BN2O. The van der Waals surface area contributed by atoms with Gasteiger partial charge in [0.1, 0.15) is 11.1 Å². The van der Waals surface area contributed by atoms with Crippen LogP contribution in [0.5, 0.6) is 0 Å². The molecule has 4 heterocycles. The zero-order chi connectivity index (χ0) is 33.3. The number of anilines is 2. The molecule has 0 fully saturated rings. The minimum Gasteiger partial charge on any atom is -0.454 e. The highest BCUT2D eigenvalue weighted by atomic mass is 16.3. The molecule has 4 heteroatoms. The third-order valence-corrected chi connectivity index (χ3v) is 11.1. The lowest BCUT2D eigenvalue weighted by Crippen LogP contribution is -2.60. The van der Waals surface area contributed by atoms with Crippen molar-refractivity contribution in [3.63, 3.8) is 0 Å². The maximum Gasteiger partial charge on any atom is 0.333 e. The highest BCUT2D eigenvalue weighted by Crippen LogP contribution is 2.48. The fourth-order valence-corrected chi connectivity index (χ4v) is 8.75. The van der Waals surface area contributed by atoms with E-state index in [-0.39, 0.29) is 12.3 Å². The van der Waals surface area contributed by atoms with E-state index in [0.717, 1.165) is 27.5 Å². The second-order valence-corrected chi connectivity index (χ2v) is 15.0. The van der Waals surface area contributed by atoms with E-state index in [9.17, 15) is 0 Å². The number of benzene rings is 7. The van der Waals surface area contributed by atoms with Gasteiger partial charge in [-0.1, -0.05) is 112 Å². The summed E-state index contributed by atoms with van der Waals surface area (Å²) in [5.41, 5.74) is 16.8. The van der Waals surface area contributed by atoms with E-state index >= 15 is 0 Å². The predicted molar refractivity (Wildman–Crippen MR) is 211 cm³/mol. The standard InChI is InChI=1S/C46H33BN2O/c1-46(2,3)32-20-22-33(23-21-32)49-39-26-30-15-8-7-14-29(30)24-36(39)37-25-31(28-12-5-4-6-13-28)27-40-42(37)47(49)38-18-11-17-35-43(38)48(40)44-34-16-9-10-19-41(34)50-45(35)44/h4-27H,1-3H3. The molecule has 0 spiro atoms.